The van der Waals surface area contributed by atoms with E-state index in [2.05, 4.69) is 102 Å². The van der Waals surface area contributed by atoms with E-state index in [-0.39, 0.29) is 5.91 Å². The van der Waals surface area contributed by atoms with Crippen molar-refractivity contribution in [3.05, 3.63) is 145 Å². The van der Waals surface area contributed by atoms with E-state index in [9.17, 15) is 4.79 Å². The standard InChI is InChI=1S/C26H22N2O.C7H8/c1-20(29)27-23-16-12-21(13-17-23)22-14-18-26(19-15-22)28(24-8-4-2-5-9-24)25-10-6-3-7-11-25;1-7-5-3-2-4-6-7/h2-19H,1H3,(H,27,29);2-6H,1H3. The van der Waals surface area contributed by atoms with Gasteiger partial charge in [-0.25, -0.2) is 0 Å². The molecule has 3 heteroatoms. The van der Waals surface area contributed by atoms with Crippen molar-refractivity contribution in [1.29, 1.82) is 0 Å². The summed E-state index contributed by atoms with van der Waals surface area (Å²) in [6, 6.07) is 47.4. The summed E-state index contributed by atoms with van der Waals surface area (Å²) >= 11 is 0. The Morgan fingerprint density at radius 2 is 0.917 bits per heavy atom. The van der Waals surface area contributed by atoms with E-state index in [1.807, 2.05) is 54.6 Å². The molecule has 0 saturated heterocycles. The van der Waals surface area contributed by atoms with Crippen LogP contribution in [0.2, 0.25) is 0 Å². The lowest BCUT2D eigenvalue weighted by Gasteiger charge is -2.25. The molecule has 0 aliphatic heterocycles. The normalized spacial score (nSPS) is 10.1. The molecule has 0 saturated carbocycles. The van der Waals surface area contributed by atoms with Crippen LogP contribution in [0.5, 0.6) is 0 Å². The molecule has 0 aliphatic carbocycles. The quantitative estimate of drug-likeness (QED) is 0.278. The molecular formula is C33H30N2O. The lowest BCUT2D eigenvalue weighted by atomic mass is 10.0. The maximum Gasteiger partial charge on any atom is 0.221 e. The highest BCUT2D eigenvalue weighted by molar-refractivity contribution is 5.89. The molecule has 0 unspecified atom stereocenters. The monoisotopic (exact) mass is 470 g/mol. The fourth-order valence-corrected chi connectivity index (χ4v) is 3.89. The van der Waals surface area contributed by atoms with Gasteiger partial charge in [0.25, 0.3) is 0 Å². The SMILES string of the molecule is CC(=O)Nc1ccc(-c2ccc(N(c3ccccc3)c3ccccc3)cc2)cc1.Cc1ccccc1. The molecule has 178 valence electrons. The number of anilines is 4. The van der Waals surface area contributed by atoms with Crippen LogP contribution < -0.4 is 10.2 Å². The lowest BCUT2D eigenvalue weighted by molar-refractivity contribution is -0.114. The number of nitrogens with zero attached hydrogens (tertiary/aromatic N) is 1. The van der Waals surface area contributed by atoms with Crippen LogP contribution in [0, 0.1) is 6.92 Å². The van der Waals surface area contributed by atoms with E-state index < -0.39 is 0 Å². The molecule has 5 aromatic carbocycles. The van der Waals surface area contributed by atoms with Gasteiger partial charge in [-0.1, -0.05) is 96.6 Å². The van der Waals surface area contributed by atoms with Crippen LogP contribution in [0.4, 0.5) is 22.7 Å². The molecule has 3 nitrogen and oxygen atoms in total. The molecule has 5 rings (SSSR count). The number of hydrogen-bond donors (Lipinski definition) is 1. The number of rotatable bonds is 5. The Hall–Kier alpha value is -4.63. The summed E-state index contributed by atoms with van der Waals surface area (Å²) in [5, 5.41) is 2.80. The molecule has 0 fully saturated rings. The van der Waals surface area contributed by atoms with Crippen molar-refractivity contribution in [2.24, 2.45) is 0 Å². The van der Waals surface area contributed by atoms with Gasteiger partial charge in [0.1, 0.15) is 0 Å². The second-order valence-electron chi connectivity index (χ2n) is 8.47. The smallest absolute Gasteiger partial charge is 0.221 e. The summed E-state index contributed by atoms with van der Waals surface area (Å²) in [5.74, 6) is -0.0657. The minimum atomic E-state index is -0.0657. The second-order valence-corrected chi connectivity index (χ2v) is 8.47. The Morgan fingerprint density at radius 3 is 1.31 bits per heavy atom. The molecule has 0 atom stereocenters. The summed E-state index contributed by atoms with van der Waals surface area (Å²) < 4.78 is 0. The van der Waals surface area contributed by atoms with Gasteiger partial charge in [0.2, 0.25) is 5.91 Å². The first-order chi connectivity index (χ1) is 17.6. The zero-order valence-corrected chi connectivity index (χ0v) is 20.6. The van der Waals surface area contributed by atoms with E-state index in [1.165, 1.54) is 12.5 Å². The molecule has 36 heavy (non-hydrogen) atoms. The van der Waals surface area contributed by atoms with Crippen LogP contribution in [0.3, 0.4) is 0 Å². The number of hydrogen-bond acceptors (Lipinski definition) is 2. The van der Waals surface area contributed by atoms with E-state index >= 15 is 0 Å². The summed E-state index contributed by atoms with van der Waals surface area (Å²) in [4.78, 5) is 13.4. The minimum absolute atomic E-state index is 0.0657. The van der Waals surface area contributed by atoms with Gasteiger partial charge in [0.15, 0.2) is 0 Å². The maximum atomic E-state index is 11.2. The van der Waals surface area contributed by atoms with Crippen molar-refractivity contribution in [3.63, 3.8) is 0 Å². The molecule has 0 radical (unpaired) electrons. The van der Waals surface area contributed by atoms with Crippen LogP contribution in [-0.4, -0.2) is 5.91 Å². The lowest BCUT2D eigenvalue weighted by Crippen LogP contribution is -2.09. The van der Waals surface area contributed by atoms with Crippen molar-refractivity contribution in [2.75, 3.05) is 10.2 Å². The minimum Gasteiger partial charge on any atom is -0.326 e. The average Bonchev–Trinajstić information content (AvgIpc) is 2.92. The molecule has 1 amide bonds. The number of carbonyl (C=O) groups excluding carboxylic acids is 1. The molecule has 0 aliphatic rings. The fourth-order valence-electron chi connectivity index (χ4n) is 3.89. The highest BCUT2D eigenvalue weighted by Gasteiger charge is 2.11. The van der Waals surface area contributed by atoms with Crippen LogP contribution in [0.15, 0.2) is 140 Å². The number of para-hydroxylation sites is 2. The molecule has 5 aromatic rings. The first-order valence-electron chi connectivity index (χ1n) is 12.0. The van der Waals surface area contributed by atoms with E-state index in [0.717, 1.165) is 33.9 Å². The Labute approximate surface area is 213 Å². The van der Waals surface area contributed by atoms with Crippen molar-refractivity contribution in [1.82, 2.24) is 0 Å². The van der Waals surface area contributed by atoms with E-state index in [0.29, 0.717) is 0 Å². The van der Waals surface area contributed by atoms with Gasteiger partial charge in [0, 0.05) is 29.7 Å². The van der Waals surface area contributed by atoms with Crippen molar-refractivity contribution >= 4 is 28.7 Å². The van der Waals surface area contributed by atoms with E-state index in [1.54, 1.807) is 0 Å². The number of aryl methyl sites for hydroxylation is 1. The molecule has 0 bridgehead atoms. The molecule has 0 heterocycles. The van der Waals surface area contributed by atoms with Gasteiger partial charge in [-0.15, -0.1) is 0 Å². The van der Waals surface area contributed by atoms with Gasteiger partial charge in [-0.3, -0.25) is 4.79 Å². The zero-order chi connectivity index (χ0) is 25.2. The Bertz CT molecular complexity index is 1310. The number of benzene rings is 5. The molecule has 1 N–H and O–H groups in total. The van der Waals surface area contributed by atoms with Crippen LogP contribution in [-0.2, 0) is 4.79 Å². The Morgan fingerprint density at radius 1 is 0.528 bits per heavy atom. The van der Waals surface area contributed by atoms with Crippen LogP contribution in [0.1, 0.15) is 12.5 Å². The number of carbonyl (C=O) groups is 1. The summed E-state index contributed by atoms with van der Waals surface area (Å²) in [5.41, 5.74) is 7.69. The largest absolute Gasteiger partial charge is 0.326 e. The first kappa shape index (κ1) is 24.5. The third-order valence-corrected chi connectivity index (χ3v) is 5.63. The van der Waals surface area contributed by atoms with Gasteiger partial charge < -0.3 is 10.2 Å². The van der Waals surface area contributed by atoms with Crippen molar-refractivity contribution in [3.8, 4) is 11.1 Å². The molecule has 0 aromatic heterocycles. The van der Waals surface area contributed by atoms with Crippen LogP contribution in [0.25, 0.3) is 11.1 Å². The highest BCUT2D eigenvalue weighted by Crippen LogP contribution is 2.35. The van der Waals surface area contributed by atoms with Gasteiger partial charge >= 0.3 is 0 Å². The topological polar surface area (TPSA) is 32.3 Å². The van der Waals surface area contributed by atoms with Crippen LogP contribution >= 0.6 is 0 Å². The van der Waals surface area contributed by atoms with Gasteiger partial charge in [-0.05, 0) is 66.6 Å². The second kappa shape index (κ2) is 12.2. The summed E-state index contributed by atoms with van der Waals surface area (Å²) in [7, 11) is 0. The third-order valence-electron chi connectivity index (χ3n) is 5.63. The highest BCUT2D eigenvalue weighted by atomic mass is 16.1. The predicted octanol–water partition coefficient (Wildman–Crippen LogP) is 8.78. The van der Waals surface area contributed by atoms with Crippen molar-refractivity contribution in [2.45, 2.75) is 13.8 Å². The Kier molecular flexibility index (Phi) is 8.29. The number of nitrogens with one attached hydrogen (secondary N) is 1. The molecular weight excluding hydrogens is 440 g/mol. The van der Waals surface area contributed by atoms with E-state index in [4.69, 9.17) is 0 Å². The summed E-state index contributed by atoms with van der Waals surface area (Å²) in [6.07, 6.45) is 0. The zero-order valence-electron chi connectivity index (χ0n) is 20.6. The predicted molar refractivity (Wildman–Crippen MR) is 152 cm³/mol. The molecule has 0 spiro atoms. The Balaban J connectivity index is 0.000000375. The third kappa shape index (κ3) is 6.71. The summed E-state index contributed by atoms with van der Waals surface area (Å²) in [6.45, 7) is 3.60. The van der Waals surface area contributed by atoms with Gasteiger partial charge in [-0.2, -0.15) is 0 Å². The van der Waals surface area contributed by atoms with Gasteiger partial charge in [0.05, 0.1) is 0 Å². The number of amides is 1. The maximum absolute atomic E-state index is 11.2. The van der Waals surface area contributed by atoms with Crippen molar-refractivity contribution < 1.29 is 4.79 Å². The first-order valence-corrected chi connectivity index (χ1v) is 12.0. The fraction of sp³-hybridized carbons (Fsp3) is 0.0606. The average molecular weight is 471 g/mol.